The number of rotatable bonds is 8. The van der Waals surface area contributed by atoms with Crippen molar-refractivity contribution in [1.82, 2.24) is 0 Å². The molecule has 0 radical (unpaired) electrons. The molecule has 1 nitrogen and oxygen atoms in total. The standard InChI is InChI=1S/C14H28OSi/c1-5-6-8-11-14(15)12-9-7-10-13-16(2,3)4/h7,9-10,12,14-15H,5-6,8,11,13H2,1-4H3/b10-7+,12-9-. The van der Waals surface area contributed by atoms with Gasteiger partial charge >= 0.3 is 0 Å². The van der Waals surface area contributed by atoms with Gasteiger partial charge in [-0.1, -0.05) is 70.1 Å². The molecular weight excluding hydrogens is 212 g/mol. The summed E-state index contributed by atoms with van der Waals surface area (Å²) in [5, 5.41) is 9.62. The highest BCUT2D eigenvalue weighted by Gasteiger charge is 2.08. The molecular formula is C14H28OSi. The van der Waals surface area contributed by atoms with Crippen LogP contribution in [0.25, 0.3) is 0 Å². The van der Waals surface area contributed by atoms with E-state index in [1.807, 2.05) is 12.2 Å². The van der Waals surface area contributed by atoms with Gasteiger partial charge in [0.15, 0.2) is 0 Å². The van der Waals surface area contributed by atoms with Crippen molar-refractivity contribution in [3.05, 3.63) is 24.3 Å². The van der Waals surface area contributed by atoms with Crippen molar-refractivity contribution >= 4 is 8.07 Å². The van der Waals surface area contributed by atoms with Gasteiger partial charge in [-0.15, -0.1) is 0 Å². The van der Waals surface area contributed by atoms with E-state index in [1.54, 1.807) is 0 Å². The van der Waals surface area contributed by atoms with Crippen LogP contribution in [0, 0.1) is 0 Å². The molecule has 0 aromatic carbocycles. The molecule has 1 unspecified atom stereocenters. The predicted molar refractivity (Wildman–Crippen MR) is 76.6 cm³/mol. The second-order valence-electron chi connectivity index (χ2n) is 5.64. The van der Waals surface area contributed by atoms with Gasteiger partial charge in [0, 0.05) is 8.07 Å². The molecule has 94 valence electrons. The van der Waals surface area contributed by atoms with E-state index in [9.17, 15) is 5.11 Å². The average Bonchev–Trinajstić information content (AvgIpc) is 2.16. The van der Waals surface area contributed by atoms with Gasteiger partial charge in [0.1, 0.15) is 0 Å². The lowest BCUT2D eigenvalue weighted by Gasteiger charge is -2.11. The zero-order valence-electron chi connectivity index (χ0n) is 11.4. The maximum atomic E-state index is 9.62. The zero-order chi connectivity index (χ0) is 12.4. The predicted octanol–water partition coefficient (Wildman–Crippen LogP) is 4.38. The van der Waals surface area contributed by atoms with Crippen molar-refractivity contribution in [2.75, 3.05) is 0 Å². The van der Waals surface area contributed by atoms with E-state index in [4.69, 9.17) is 0 Å². The molecule has 0 spiro atoms. The summed E-state index contributed by atoms with van der Waals surface area (Å²) in [6.07, 6.45) is 12.4. The van der Waals surface area contributed by atoms with E-state index in [-0.39, 0.29) is 6.10 Å². The summed E-state index contributed by atoms with van der Waals surface area (Å²) in [7, 11) is -0.944. The molecule has 0 rings (SSSR count). The van der Waals surface area contributed by atoms with Gasteiger partial charge in [0.25, 0.3) is 0 Å². The highest BCUT2D eigenvalue weighted by atomic mass is 28.3. The van der Waals surface area contributed by atoms with Crippen molar-refractivity contribution in [3.63, 3.8) is 0 Å². The molecule has 0 aliphatic heterocycles. The van der Waals surface area contributed by atoms with Crippen LogP contribution >= 0.6 is 0 Å². The fourth-order valence-electron chi connectivity index (χ4n) is 1.39. The molecule has 0 saturated heterocycles. The Labute approximate surface area is 102 Å². The fraction of sp³-hybridized carbons (Fsp3) is 0.714. The number of unbranched alkanes of at least 4 members (excludes halogenated alkanes) is 2. The first-order valence-electron chi connectivity index (χ1n) is 6.47. The number of hydrogen-bond donors (Lipinski definition) is 1. The Hall–Kier alpha value is -0.343. The monoisotopic (exact) mass is 240 g/mol. The van der Waals surface area contributed by atoms with Crippen molar-refractivity contribution < 1.29 is 5.11 Å². The lowest BCUT2D eigenvalue weighted by molar-refractivity contribution is 0.208. The lowest BCUT2D eigenvalue weighted by Crippen LogP contribution is -2.17. The summed E-state index contributed by atoms with van der Waals surface area (Å²) in [6, 6.07) is 1.21. The molecule has 0 aromatic heterocycles. The minimum absolute atomic E-state index is 0.261. The molecule has 0 heterocycles. The van der Waals surface area contributed by atoms with E-state index in [1.165, 1.54) is 18.9 Å². The van der Waals surface area contributed by atoms with Crippen LogP contribution < -0.4 is 0 Å². The van der Waals surface area contributed by atoms with Gasteiger partial charge in [0.05, 0.1) is 6.10 Å². The Morgan fingerprint density at radius 2 is 1.81 bits per heavy atom. The van der Waals surface area contributed by atoms with E-state index in [0.29, 0.717) is 0 Å². The third-order valence-electron chi connectivity index (χ3n) is 2.41. The van der Waals surface area contributed by atoms with E-state index in [0.717, 1.165) is 12.8 Å². The summed E-state index contributed by atoms with van der Waals surface area (Å²) in [5.74, 6) is 0. The van der Waals surface area contributed by atoms with Crippen molar-refractivity contribution in [2.24, 2.45) is 0 Å². The van der Waals surface area contributed by atoms with Crippen LogP contribution in [-0.4, -0.2) is 19.3 Å². The number of allylic oxidation sites excluding steroid dienone is 3. The van der Waals surface area contributed by atoms with Crippen molar-refractivity contribution in [3.8, 4) is 0 Å². The first kappa shape index (κ1) is 15.7. The number of aliphatic hydroxyl groups excluding tert-OH is 1. The third kappa shape index (κ3) is 11.7. The van der Waals surface area contributed by atoms with Crippen LogP contribution in [0.5, 0.6) is 0 Å². The zero-order valence-corrected chi connectivity index (χ0v) is 12.4. The second kappa shape index (κ2) is 8.77. The van der Waals surface area contributed by atoms with Crippen LogP contribution in [0.1, 0.15) is 32.6 Å². The quantitative estimate of drug-likeness (QED) is 0.379. The first-order chi connectivity index (χ1) is 7.45. The van der Waals surface area contributed by atoms with E-state index < -0.39 is 8.07 Å². The Morgan fingerprint density at radius 1 is 1.12 bits per heavy atom. The summed E-state index contributed by atoms with van der Waals surface area (Å²) in [4.78, 5) is 0. The molecule has 2 heteroatoms. The minimum Gasteiger partial charge on any atom is -0.389 e. The molecule has 0 bridgehead atoms. The average molecular weight is 240 g/mol. The second-order valence-corrected chi connectivity index (χ2v) is 11.2. The van der Waals surface area contributed by atoms with Crippen LogP contribution in [0.15, 0.2) is 24.3 Å². The maximum Gasteiger partial charge on any atom is 0.0723 e. The van der Waals surface area contributed by atoms with Gasteiger partial charge in [-0.3, -0.25) is 0 Å². The first-order valence-corrected chi connectivity index (χ1v) is 10.2. The minimum atomic E-state index is -0.944. The van der Waals surface area contributed by atoms with Crippen LogP contribution in [0.3, 0.4) is 0 Å². The van der Waals surface area contributed by atoms with Crippen LogP contribution in [0.2, 0.25) is 25.7 Å². The van der Waals surface area contributed by atoms with Crippen molar-refractivity contribution in [2.45, 2.75) is 64.4 Å². The molecule has 1 atom stereocenters. The van der Waals surface area contributed by atoms with E-state index >= 15 is 0 Å². The summed E-state index contributed by atoms with van der Waals surface area (Å²) in [6.45, 7) is 9.27. The lowest BCUT2D eigenvalue weighted by atomic mass is 10.1. The van der Waals surface area contributed by atoms with Gasteiger partial charge in [0.2, 0.25) is 0 Å². The molecule has 0 amide bonds. The molecule has 0 aromatic rings. The van der Waals surface area contributed by atoms with Gasteiger partial charge in [-0.05, 0) is 12.5 Å². The Bertz CT molecular complexity index is 213. The Morgan fingerprint density at radius 3 is 2.38 bits per heavy atom. The molecule has 1 N–H and O–H groups in total. The van der Waals surface area contributed by atoms with Gasteiger partial charge in [-0.2, -0.15) is 0 Å². The summed E-state index contributed by atoms with van der Waals surface area (Å²) in [5.41, 5.74) is 0. The normalized spacial score (nSPS) is 15.1. The summed E-state index contributed by atoms with van der Waals surface area (Å²) >= 11 is 0. The number of hydrogen-bond acceptors (Lipinski definition) is 1. The molecule has 16 heavy (non-hydrogen) atoms. The molecule has 0 saturated carbocycles. The Balaban J connectivity index is 3.66. The van der Waals surface area contributed by atoms with Crippen LogP contribution in [-0.2, 0) is 0 Å². The highest BCUT2D eigenvalue weighted by Crippen LogP contribution is 2.08. The third-order valence-corrected chi connectivity index (χ3v) is 3.87. The largest absolute Gasteiger partial charge is 0.389 e. The highest BCUT2D eigenvalue weighted by molar-refractivity contribution is 6.76. The number of aliphatic hydroxyl groups is 1. The molecule has 0 aliphatic carbocycles. The van der Waals surface area contributed by atoms with Gasteiger partial charge in [-0.25, -0.2) is 0 Å². The smallest absolute Gasteiger partial charge is 0.0723 e. The van der Waals surface area contributed by atoms with Crippen molar-refractivity contribution in [1.29, 1.82) is 0 Å². The SMILES string of the molecule is CCCCCC(O)/C=C\C=C\C[Si](C)(C)C. The topological polar surface area (TPSA) is 20.2 Å². The maximum absolute atomic E-state index is 9.62. The van der Waals surface area contributed by atoms with Gasteiger partial charge < -0.3 is 5.11 Å². The van der Waals surface area contributed by atoms with E-state index in [2.05, 4.69) is 38.7 Å². The van der Waals surface area contributed by atoms with Crippen LogP contribution in [0.4, 0.5) is 0 Å². The molecule has 0 fully saturated rings. The fourth-order valence-corrected chi connectivity index (χ4v) is 2.24. The Kier molecular flexibility index (Phi) is 8.58. The summed E-state index contributed by atoms with van der Waals surface area (Å²) < 4.78 is 0. The molecule has 0 aliphatic rings.